The summed E-state index contributed by atoms with van der Waals surface area (Å²) in [6.07, 6.45) is 2.35. The van der Waals surface area contributed by atoms with E-state index in [0.29, 0.717) is 36.0 Å². The molecule has 0 radical (unpaired) electrons. The van der Waals surface area contributed by atoms with Gasteiger partial charge in [0.1, 0.15) is 17.5 Å². The lowest BCUT2D eigenvalue weighted by atomic mass is 9.96. The fraction of sp³-hybridized carbons (Fsp3) is 0.333. The number of hydrogen-bond donors (Lipinski definition) is 1. The van der Waals surface area contributed by atoms with Gasteiger partial charge in [0.15, 0.2) is 0 Å². The van der Waals surface area contributed by atoms with Gasteiger partial charge in [0.2, 0.25) is 5.91 Å². The highest BCUT2D eigenvalue weighted by atomic mass is 32.1. The summed E-state index contributed by atoms with van der Waals surface area (Å²) in [4.78, 5) is 27.9. The van der Waals surface area contributed by atoms with Gasteiger partial charge in [0.25, 0.3) is 0 Å². The maximum atomic E-state index is 13.6. The molecule has 6 nitrogen and oxygen atoms in total. The van der Waals surface area contributed by atoms with Crippen molar-refractivity contribution in [2.45, 2.75) is 32.1 Å². The zero-order chi connectivity index (χ0) is 20.2. The van der Waals surface area contributed by atoms with Gasteiger partial charge in [0, 0.05) is 42.6 Å². The molecule has 1 atom stereocenters. The first-order valence-corrected chi connectivity index (χ1v) is 10.6. The molecule has 0 aliphatic carbocycles. The van der Waals surface area contributed by atoms with E-state index >= 15 is 0 Å². The number of hydrogen-bond acceptors (Lipinski definition) is 6. The van der Waals surface area contributed by atoms with E-state index in [1.54, 1.807) is 17.6 Å². The van der Waals surface area contributed by atoms with Crippen LogP contribution in [-0.4, -0.2) is 38.8 Å². The van der Waals surface area contributed by atoms with Crippen LogP contribution in [0.1, 0.15) is 37.9 Å². The van der Waals surface area contributed by atoms with E-state index in [-0.39, 0.29) is 17.6 Å². The second kappa shape index (κ2) is 8.65. The van der Waals surface area contributed by atoms with Gasteiger partial charge in [0.05, 0.1) is 16.9 Å². The van der Waals surface area contributed by atoms with E-state index in [2.05, 4.69) is 10.3 Å². The highest BCUT2D eigenvalue weighted by molar-refractivity contribution is 7.07. The predicted octanol–water partition coefficient (Wildman–Crippen LogP) is 4.60. The molecule has 2 aromatic heterocycles. The minimum absolute atomic E-state index is 0.0610. The lowest BCUT2D eigenvalue weighted by Crippen LogP contribution is -2.39. The van der Waals surface area contributed by atoms with Crippen LogP contribution in [0.2, 0.25) is 0 Å². The third-order valence-electron chi connectivity index (χ3n) is 4.98. The summed E-state index contributed by atoms with van der Waals surface area (Å²) in [6, 6.07) is 8.08. The Kier molecular flexibility index (Phi) is 5.80. The molecule has 3 aromatic rings. The first-order valence-electron chi connectivity index (χ1n) is 9.70. The van der Waals surface area contributed by atoms with Crippen LogP contribution in [0.4, 0.5) is 15.9 Å². The molecule has 0 spiro atoms. The standard InChI is InChI=1S/C21H22FN5OS/c1-2-20(28)27-8-4-5-14(11-27)21-25-17(18-12-29-13-23-18)10-19(26-21)24-16-7-3-6-15(22)9-16/h3,6-7,9-10,12-14H,2,4-5,8,11H2,1H3,(H,24,25,26). The number of amides is 1. The number of halogens is 1. The number of nitrogens with one attached hydrogen (secondary N) is 1. The topological polar surface area (TPSA) is 71.0 Å². The number of carbonyl (C=O) groups excluding carboxylic acids is 1. The molecule has 1 saturated heterocycles. The van der Waals surface area contributed by atoms with Crippen molar-refractivity contribution in [1.82, 2.24) is 19.9 Å². The van der Waals surface area contributed by atoms with Gasteiger partial charge in [-0.25, -0.2) is 19.3 Å². The monoisotopic (exact) mass is 411 g/mol. The van der Waals surface area contributed by atoms with Gasteiger partial charge in [-0.3, -0.25) is 4.79 Å². The summed E-state index contributed by atoms with van der Waals surface area (Å²) in [5.41, 5.74) is 3.87. The highest BCUT2D eigenvalue weighted by Gasteiger charge is 2.26. The van der Waals surface area contributed by atoms with Crippen molar-refractivity contribution < 1.29 is 9.18 Å². The molecule has 0 bridgehead atoms. The highest BCUT2D eigenvalue weighted by Crippen LogP contribution is 2.29. The van der Waals surface area contributed by atoms with Crippen molar-refractivity contribution in [3.63, 3.8) is 0 Å². The largest absolute Gasteiger partial charge is 0.342 e. The van der Waals surface area contributed by atoms with Crippen molar-refractivity contribution in [2.24, 2.45) is 0 Å². The molecule has 1 aromatic carbocycles. The lowest BCUT2D eigenvalue weighted by Gasteiger charge is -2.32. The second-order valence-electron chi connectivity index (χ2n) is 7.04. The summed E-state index contributed by atoms with van der Waals surface area (Å²) in [7, 11) is 0. The summed E-state index contributed by atoms with van der Waals surface area (Å²) in [6.45, 7) is 3.28. The van der Waals surface area contributed by atoms with Gasteiger partial charge in [-0.2, -0.15) is 0 Å². The van der Waals surface area contributed by atoms with Crippen molar-refractivity contribution in [3.8, 4) is 11.4 Å². The molecule has 150 valence electrons. The molecule has 1 unspecified atom stereocenters. The second-order valence-corrected chi connectivity index (χ2v) is 7.76. The number of aromatic nitrogens is 3. The van der Waals surface area contributed by atoms with Crippen LogP contribution in [-0.2, 0) is 4.79 Å². The van der Waals surface area contributed by atoms with Crippen LogP contribution < -0.4 is 5.32 Å². The molecule has 1 N–H and O–H groups in total. The molecule has 1 aliphatic rings. The Morgan fingerprint density at radius 3 is 2.97 bits per heavy atom. The zero-order valence-corrected chi connectivity index (χ0v) is 17.0. The molecular formula is C21H22FN5OS. The number of rotatable bonds is 5. The van der Waals surface area contributed by atoms with E-state index in [1.165, 1.54) is 23.5 Å². The number of benzene rings is 1. The van der Waals surface area contributed by atoms with E-state index in [4.69, 9.17) is 9.97 Å². The van der Waals surface area contributed by atoms with Crippen molar-refractivity contribution >= 4 is 28.7 Å². The Balaban J connectivity index is 1.67. The van der Waals surface area contributed by atoms with Crippen LogP contribution in [0.25, 0.3) is 11.4 Å². The molecule has 29 heavy (non-hydrogen) atoms. The van der Waals surface area contributed by atoms with E-state index < -0.39 is 0 Å². The normalized spacial score (nSPS) is 16.6. The smallest absolute Gasteiger partial charge is 0.222 e. The minimum Gasteiger partial charge on any atom is -0.342 e. The minimum atomic E-state index is -0.315. The van der Waals surface area contributed by atoms with Crippen LogP contribution in [0.3, 0.4) is 0 Å². The lowest BCUT2D eigenvalue weighted by molar-refractivity contribution is -0.132. The molecule has 4 rings (SSSR count). The Morgan fingerprint density at radius 1 is 1.31 bits per heavy atom. The third-order valence-corrected chi connectivity index (χ3v) is 5.56. The molecule has 1 amide bonds. The number of likely N-dealkylation sites (tertiary alicyclic amines) is 1. The van der Waals surface area contributed by atoms with E-state index in [1.807, 2.05) is 23.3 Å². The number of carbonyl (C=O) groups is 1. The van der Waals surface area contributed by atoms with Gasteiger partial charge in [-0.15, -0.1) is 11.3 Å². The maximum absolute atomic E-state index is 13.6. The Hall–Kier alpha value is -2.87. The maximum Gasteiger partial charge on any atom is 0.222 e. The first-order chi connectivity index (χ1) is 14.1. The summed E-state index contributed by atoms with van der Waals surface area (Å²) in [5.74, 6) is 1.17. The third kappa shape index (κ3) is 4.59. The summed E-state index contributed by atoms with van der Waals surface area (Å²) < 4.78 is 13.6. The summed E-state index contributed by atoms with van der Waals surface area (Å²) >= 11 is 1.50. The summed E-state index contributed by atoms with van der Waals surface area (Å²) in [5, 5.41) is 5.11. The van der Waals surface area contributed by atoms with Crippen LogP contribution in [0, 0.1) is 5.82 Å². The number of nitrogens with zero attached hydrogens (tertiary/aromatic N) is 4. The van der Waals surface area contributed by atoms with Crippen LogP contribution in [0.15, 0.2) is 41.2 Å². The number of thiazole rings is 1. The fourth-order valence-corrected chi connectivity index (χ4v) is 4.08. The SMILES string of the molecule is CCC(=O)N1CCCC(c2nc(Nc3cccc(F)c3)cc(-c3cscn3)n2)C1. The van der Waals surface area contributed by atoms with Crippen molar-refractivity contribution in [2.75, 3.05) is 18.4 Å². The number of anilines is 2. The first kappa shape index (κ1) is 19.4. The van der Waals surface area contributed by atoms with Gasteiger partial charge < -0.3 is 10.2 Å². The van der Waals surface area contributed by atoms with Gasteiger partial charge >= 0.3 is 0 Å². The number of piperidine rings is 1. The molecule has 0 saturated carbocycles. The fourth-order valence-electron chi connectivity index (χ4n) is 3.53. The van der Waals surface area contributed by atoms with Gasteiger partial charge in [-0.1, -0.05) is 13.0 Å². The molecule has 1 fully saturated rings. The Bertz CT molecular complexity index is 994. The molecule has 1 aliphatic heterocycles. The average molecular weight is 412 g/mol. The van der Waals surface area contributed by atoms with Crippen LogP contribution in [0.5, 0.6) is 0 Å². The average Bonchev–Trinajstić information content (AvgIpc) is 3.28. The van der Waals surface area contributed by atoms with Crippen molar-refractivity contribution in [1.29, 1.82) is 0 Å². The molecular weight excluding hydrogens is 389 g/mol. The molecule has 3 heterocycles. The van der Waals surface area contributed by atoms with Crippen LogP contribution >= 0.6 is 11.3 Å². The van der Waals surface area contributed by atoms with E-state index in [9.17, 15) is 9.18 Å². The molecule has 8 heteroatoms. The predicted molar refractivity (Wildman–Crippen MR) is 112 cm³/mol. The Labute approximate surface area is 172 Å². The Morgan fingerprint density at radius 2 is 2.21 bits per heavy atom. The van der Waals surface area contributed by atoms with E-state index in [0.717, 1.165) is 25.1 Å². The quantitative estimate of drug-likeness (QED) is 0.664. The van der Waals surface area contributed by atoms with Gasteiger partial charge in [-0.05, 0) is 31.0 Å². The zero-order valence-electron chi connectivity index (χ0n) is 16.1. The van der Waals surface area contributed by atoms with Crippen molar-refractivity contribution in [3.05, 3.63) is 52.9 Å².